The number of methoxy groups -OCH3 is 2. The molecule has 3 aromatic carbocycles. The van der Waals surface area contributed by atoms with E-state index in [-0.39, 0.29) is 30.1 Å². The molecule has 1 amide bonds. The molecular formula is C35H41IN4O5Si. The van der Waals surface area contributed by atoms with Crippen LogP contribution in [0.3, 0.4) is 0 Å². The number of amides is 1. The molecule has 4 aromatic rings. The topological polar surface area (TPSA) is 98.9 Å². The molecule has 2 aliphatic rings. The van der Waals surface area contributed by atoms with Gasteiger partial charge in [-0.3, -0.25) is 9.48 Å². The second-order valence-electron chi connectivity index (χ2n) is 12.8. The Bertz CT molecular complexity index is 1710. The van der Waals surface area contributed by atoms with E-state index in [4.69, 9.17) is 14.2 Å². The summed E-state index contributed by atoms with van der Waals surface area (Å²) in [6.45, 7) is 8.03. The van der Waals surface area contributed by atoms with Gasteiger partial charge in [-0.25, -0.2) is 0 Å². The first-order valence-corrected chi connectivity index (χ1v) is 19.8. The van der Waals surface area contributed by atoms with Crippen molar-refractivity contribution in [3.63, 3.8) is 0 Å². The van der Waals surface area contributed by atoms with Crippen molar-refractivity contribution >= 4 is 47.4 Å². The van der Waals surface area contributed by atoms with Crippen molar-refractivity contribution in [2.24, 2.45) is 5.92 Å². The van der Waals surface area contributed by atoms with E-state index >= 15 is 0 Å². The second-order valence-corrected chi connectivity index (χ2v) is 18.7. The predicted octanol–water partition coefficient (Wildman–Crippen LogP) is 5.29. The van der Waals surface area contributed by atoms with Crippen LogP contribution in [0.5, 0.6) is 11.5 Å². The van der Waals surface area contributed by atoms with Crippen LogP contribution in [0.15, 0.2) is 72.9 Å². The highest BCUT2D eigenvalue weighted by atomic mass is 127. The fraction of sp³-hybridized carbons (Fsp3) is 0.400. The van der Waals surface area contributed by atoms with Crippen molar-refractivity contribution < 1.29 is 24.1 Å². The average molecular weight is 753 g/mol. The van der Waals surface area contributed by atoms with Crippen LogP contribution in [-0.2, 0) is 34.6 Å². The third-order valence-corrected chi connectivity index (χ3v) is 14.9. The van der Waals surface area contributed by atoms with Gasteiger partial charge in [-0.1, -0.05) is 54.7 Å². The number of aromatic nitrogens is 3. The van der Waals surface area contributed by atoms with Crippen LogP contribution in [0.25, 0.3) is 0 Å². The van der Waals surface area contributed by atoms with Crippen LogP contribution >= 0.6 is 22.6 Å². The van der Waals surface area contributed by atoms with Gasteiger partial charge in [-0.2, -0.15) is 0 Å². The van der Waals surface area contributed by atoms with Crippen molar-refractivity contribution in [3.8, 4) is 11.5 Å². The van der Waals surface area contributed by atoms with Crippen LogP contribution < -0.4 is 19.6 Å². The Hall–Kier alpha value is -3.26. The standard InChI is InChI=1S/C35H41IN4O5Si/c1-23-33(46(4,5)29-12-9-27(43-2)10-13-29)32(15-17-39-22-26(16-18-41)37-38-39)45-35(23)30-20-28(44-3)11-14-31(30)40(34(35)42)21-24-7-6-8-25(36)19-24/h6-14,19-20,22-23,32-33,41H,15-18,21H2,1-5H3/t23-,32+,33-,35+/m0/s1. The summed E-state index contributed by atoms with van der Waals surface area (Å²) in [6, 6.07) is 22.6. The molecule has 1 N–H and O–H groups in total. The number of carbonyl (C=O) groups excluding carboxylic acids is 1. The number of aliphatic hydroxyl groups is 1. The molecule has 0 unspecified atom stereocenters. The summed E-state index contributed by atoms with van der Waals surface area (Å²) in [6.07, 6.45) is 2.79. The number of aliphatic hydroxyl groups excluding tert-OH is 1. The number of halogens is 1. The quantitative estimate of drug-likeness (QED) is 0.164. The van der Waals surface area contributed by atoms with Crippen LogP contribution in [-0.4, -0.2) is 61.0 Å². The van der Waals surface area contributed by atoms with Gasteiger partial charge in [0.2, 0.25) is 0 Å². The maximum absolute atomic E-state index is 15.0. The second kappa shape index (κ2) is 13.1. The van der Waals surface area contributed by atoms with Gasteiger partial charge in [-0.15, -0.1) is 5.10 Å². The fourth-order valence-corrected chi connectivity index (χ4v) is 12.3. The van der Waals surface area contributed by atoms with E-state index in [1.54, 1.807) is 14.2 Å². The Morgan fingerprint density at radius 2 is 1.78 bits per heavy atom. The number of aryl methyl sites for hydroxylation is 1. The van der Waals surface area contributed by atoms with Gasteiger partial charge < -0.3 is 24.2 Å². The van der Waals surface area contributed by atoms with Crippen LogP contribution in [0.4, 0.5) is 5.69 Å². The Morgan fingerprint density at radius 3 is 2.48 bits per heavy atom. The van der Waals surface area contributed by atoms with Crippen molar-refractivity contribution in [2.45, 2.75) is 63.2 Å². The van der Waals surface area contributed by atoms with Crippen molar-refractivity contribution in [1.29, 1.82) is 0 Å². The van der Waals surface area contributed by atoms with Crippen molar-refractivity contribution in [2.75, 3.05) is 25.7 Å². The van der Waals surface area contributed by atoms with E-state index < -0.39 is 13.7 Å². The molecule has 9 nitrogen and oxygen atoms in total. The normalized spacial score (nSPS) is 22.5. The monoisotopic (exact) mass is 752 g/mol. The highest BCUT2D eigenvalue weighted by Crippen LogP contribution is 2.60. The summed E-state index contributed by atoms with van der Waals surface area (Å²) in [7, 11) is 1.05. The summed E-state index contributed by atoms with van der Waals surface area (Å²) in [5, 5.41) is 19.2. The number of carbonyl (C=O) groups is 1. The number of benzene rings is 3. The fourth-order valence-electron chi connectivity index (χ4n) is 7.60. The minimum Gasteiger partial charge on any atom is -0.497 e. The molecule has 1 spiro atoms. The van der Waals surface area contributed by atoms with Crippen LogP contribution in [0.2, 0.25) is 18.6 Å². The zero-order valence-corrected chi connectivity index (χ0v) is 30.1. The molecular weight excluding hydrogens is 711 g/mol. The molecule has 0 aliphatic carbocycles. The number of rotatable bonds is 11. The highest BCUT2D eigenvalue weighted by molar-refractivity contribution is 14.1. The molecule has 2 aliphatic heterocycles. The average Bonchev–Trinajstić information content (AvgIpc) is 3.70. The van der Waals surface area contributed by atoms with Crippen molar-refractivity contribution in [3.05, 3.63) is 93.3 Å². The number of ether oxygens (including phenoxy) is 3. The summed E-state index contributed by atoms with van der Waals surface area (Å²) < 4.78 is 21.4. The lowest BCUT2D eigenvalue weighted by atomic mass is 9.82. The van der Waals surface area contributed by atoms with Gasteiger partial charge in [0.1, 0.15) is 11.5 Å². The first-order valence-electron chi connectivity index (χ1n) is 15.7. The number of hydrogen-bond donors (Lipinski definition) is 1. The summed E-state index contributed by atoms with van der Waals surface area (Å²) in [4.78, 5) is 16.9. The van der Waals surface area contributed by atoms with E-state index in [2.05, 4.69) is 83.3 Å². The van der Waals surface area contributed by atoms with Gasteiger partial charge in [0.05, 0.1) is 46.3 Å². The van der Waals surface area contributed by atoms with Crippen LogP contribution in [0.1, 0.15) is 30.2 Å². The van der Waals surface area contributed by atoms with E-state index in [1.807, 2.05) is 52.2 Å². The summed E-state index contributed by atoms with van der Waals surface area (Å²) >= 11 is 2.31. The van der Waals surface area contributed by atoms with Gasteiger partial charge in [0, 0.05) is 40.8 Å². The third-order valence-electron chi connectivity index (χ3n) is 9.87. The molecule has 4 atom stereocenters. The number of hydrogen-bond acceptors (Lipinski definition) is 7. The molecule has 1 aromatic heterocycles. The first kappa shape index (κ1) is 32.7. The number of anilines is 1. The summed E-state index contributed by atoms with van der Waals surface area (Å²) in [5.41, 5.74) is 2.49. The SMILES string of the molecule is COc1ccc([Si](C)(C)[C@@H]2[C@@H](CCn3cc(CCO)nn3)O[C@]3(C(=O)N(Cc4cccc(I)c4)c4ccc(OC)cc43)[C@H]2C)cc1. The number of nitrogens with zero attached hydrogens (tertiary/aromatic N) is 4. The minimum atomic E-state index is -2.29. The molecule has 1 saturated heterocycles. The van der Waals surface area contributed by atoms with E-state index in [9.17, 15) is 9.90 Å². The third kappa shape index (κ3) is 5.75. The molecule has 6 rings (SSSR count). The lowest BCUT2D eigenvalue weighted by molar-refractivity contribution is -0.146. The van der Waals surface area contributed by atoms with E-state index in [0.717, 1.165) is 31.8 Å². The molecule has 0 saturated carbocycles. The maximum atomic E-state index is 15.0. The van der Waals surface area contributed by atoms with Gasteiger partial charge in [-0.05, 0) is 82.6 Å². The Balaban J connectivity index is 1.43. The predicted molar refractivity (Wildman–Crippen MR) is 188 cm³/mol. The Morgan fingerprint density at radius 1 is 1.04 bits per heavy atom. The Kier molecular flexibility index (Phi) is 9.30. The zero-order valence-electron chi connectivity index (χ0n) is 26.9. The number of fused-ring (bicyclic) bond motifs is 2. The lowest BCUT2D eigenvalue weighted by Crippen LogP contribution is -2.51. The smallest absolute Gasteiger partial charge is 0.264 e. The van der Waals surface area contributed by atoms with Gasteiger partial charge >= 0.3 is 0 Å². The molecule has 0 radical (unpaired) electrons. The molecule has 242 valence electrons. The minimum absolute atomic E-state index is 0.0256. The lowest BCUT2D eigenvalue weighted by Gasteiger charge is -2.37. The molecule has 46 heavy (non-hydrogen) atoms. The molecule has 0 bridgehead atoms. The molecule has 3 heterocycles. The van der Waals surface area contributed by atoms with E-state index in [1.165, 1.54) is 5.19 Å². The molecule has 1 fully saturated rings. The maximum Gasteiger partial charge on any atom is 0.264 e. The molecule has 11 heteroatoms. The van der Waals surface area contributed by atoms with Gasteiger partial charge in [0.15, 0.2) is 5.60 Å². The van der Waals surface area contributed by atoms with E-state index in [0.29, 0.717) is 31.7 Å². The Labute approximate surface area is 285 Å². The van der Waals surface area contributed by atoms with Gasteiger partial charge in [0.25, 0.3) is 5.91 Å². The summed E-state index contributed by atoms with van der Waals surface area (Å²) in [5.74, 6) is 1.37. The highest BCUT2D eigenvalue weighted by Gasteiger charge is 2.66. The zero-order chi connectivity index (χ0) is 32.6. The van der Waals surface area contributed by atoms with Crippen molar-refractivity contribution in [1.82, 2.24) is 15.0 Å². The largest absolute Gasteiger partial charge is 0.497 e. The first-order chi connectivity index (χ1) is 22.1. The van der Waals surface area contributed by atoms with Crippen LogP contribution in [0, 0.1) is 9.49 Å².